The molecular weight excluding hydrogens is 238 g/mol. The smallest absolute Gasteiger partial charge is 0.148 e. The van der Waals surface area contributed by atoms with Crippen LogP contribution in [0, 0.1) is 0 Å². The number of rotatable bonds is 3. The summed E-state index contributed by atoms with van der Waals surface area (Å²) in [5.41, 5.74) is 0. The van der Waals surface area contributed by atoms with Crippen LogP contribution in [0.3, 0.4) is 0 Å². The van der Waals surface area contributed by atoms with Gasteiger partial charge in [0.2, 0.25) is 0 Å². The van der Waals surface area contributed by atoms with Crippen LogP contribution < -0.4 is 0 Å². The van der Waals surface area contributed by atoms with Gasteiger partial charge in [-0.2, -0.15) is 0 Å². The molecule has 0 aliphatic carbocycles. The van der Waals surface area contributed by atoms with E-state index >= 15 is 0 Å². The summed E-state index contributed by atoms with van der Waals surface area (Å²) >= 11 is 0. The second kappa shape index (κ2) is 4.69. The third kappa shape index (κ3) is 3.07. The van der Waals surface area contributed by atoms with Crippen LogP contribution in [0.5, 0.6) is 0 Å². The van der Waals surface area contributed by atoms with Crippen molar-refractivity contribution in [2.45, 2.75) is 57.2 Å². The van der Waals surface area contributed by atoms with E-state index in [9.17, 15) is 13.2 Å². The first-order valence-corrected chi connectivity index (χ1v) is 8.40. The topological polar surface area (TPSA) is 54.5 Å². The molecule has 0 aromatic rings. The number of carbonyl (C=O) groups is 1. The van der Waals surface area contributed by atoms with E-state index in [1.54, 1.807) is 0 Å². The van der Waals surface area contributed by atoms with Gasteiger partial charge < -0.3 is 0 Å². The highest BCUT2D eigenvalue weighted by Crippen LogP contribution is 2.34. The Bertz CT molecular complexity index is 388. The first-order valence-electron chi connectivity index (χ1n) is 6.33. The molecule has 3 atom stereocenters. The average molecular weight is 259 g/mol. The van der Waals surface area contributed by atoms with Crippen molar-refractivity contribution in [1.82, 2.24) is 4.90 Å². The third-order valence-electron chi connectivity index (χ3n) is 3.90. The predicted molar refractivity (Wildman–Crippen MR) is 66.7 cm³/mol. The lowest BCUT2D eigenvalue weighted by Gasteiger charge is -2.48. The molecule has 2 saturated heterocycles. The van der Waals surface area contributed by atoms with Gasteiger partial charge in [-0.1, -0.05) is 6.42 Å². The summed E-state index contributed by atoms with van der Waals surface area (Å²) in [4.78, 5) is 13.9. The van der Waals surface area contributed by atoms with Gasteiger partial charge >= 0.3 is 0 Å². The van der Waals surface area contributed by atoms with Gasteiger partial charge in [0.1, 0.15) is 15.6 Å². The number of nitrogens with zero attached hydrogens (tertiary/aromatic N) is 1. The summed E-state index contributed by atoms with van der Waals surface area (Å²) < 4.78 is 22.7. The van der Waals surface area contributed by atoms with Gasteiger partial charge in [0.05, 0.1) is 5.75 Å². The Morgan fingerprint density at radius 1 is 1.29 bits per heavy atom. The maximum absolute atomic E-state index is 11.6. The zero-order chi connectivity index (χ0) is 12.6. The summed E-state index contributed by atoms with van der Waals surface area (Å²) in [6.07, 6.45) is 5.76. The van der Waals surface area contributed by atoms with E-state index in [1.807, 2.05) is 6.92 Å². The first-order chi connectivity index (χ1) is 7.87. The Labute approximate surface area is 103 Å². The van der Waals surface area contributed by atoms with E-state index in [0.29, 0.717) is 18.6 Å². The fraction of sp³-hybridized carbons (Fsp3) is 0.917. The van der Waals surface area contributed by atoms with Gasteiger partial charge in [-0.25, -0.2) is 8.42 Å². The molecule has 2 aliphatic rings. The minimum atomic E-state index is -2.94. The molecule has 5 heteroatoms. The van der Waals surface area contributed by atoms with E-state index < -0.39 is 9.84 Å². The monoisotopic (exact) mass is 259 g/mol. The molecule has 3 unspecified atom stereocenters. The Kier molecular flexibility index (Phi) is 3.59. The van der Waals surface area contributed by atoms with E-state index in [1.165, 1.54) is 12.7 Å². The van der Waals surface area contributed by atoms with Crippen molar-refractivity contribution in [2.24, 2.45) is 0 Å². The minimum Gasteiger partial charge on any atom is -0.300 e. The van der Waals surface area contributed by atoms with Gasteiger partial charge in [0, 0.05) is 37.2 Å². The minimum absolute atomic E-state index is 0.0356. The van der Waals surface area contributed by atoms with Crippen molar-refractivity contribution >= 4 is 15.6 Å². The molecule has 0 amide bonds. The van der Waals surface area contributed by atoms with Crippen LogP contribution in [0.15, 0.2) is 0 Å². The lowest BCUT2D eigenvalue weighted by atomic mass is 9.83. The summed E-state index contributed by atoms with van der Waals surface area (Å²) in [5, 5.41) is 0. The molecule has 2 aliphatic heterocycles. The molecule has 0 N–H and O–H groups in total. The molecule has 2 rings (SSSR count). The van der Waals surface area contributed by atoms with Crippen LogP contribution in [-0.2, 0) is 14.6 Å². The van der Waals surface area contributed by atoms with Crippen LogP contribution in [0.4, 0.5) is 0 Å². The van der Waals surface area contributed by atoms with E-state index in [4.69, 9.17) is 0 Å². The average Bonchev–Trinajstić information content (AvgIpc) is 2.12. The quantitative estimate of drug-likeness (QED) is 0.759. The maximum atomic E-state index is 11.6. The number of hydrogen-bond donors (Lipinski definition) is 0. The number of sulfone groups is 1. The lowest BCUT2D eigenvalue weighted by Crippen LogP contribution is -2.57. The summed E-state index contributed by atoms with van der Waals surface area (Å²) in [6, 6.07) is 0.604. The third-order valence-corrected chi connectivity index (χ3v) is 4.99. The van der Waals surface area contributed by atoms with E-state index in [2.05, 4.69) is 4.90 Å². The molecular formula is C12H21NO3S. The van der Waals surface area contributed by atoms with Gasteiger partial charge in [-0.3, -0.25) is 9.69 Å². The highest BCUT2D eigenvalue weighted by Gasteiger charge is 2.40. The van der Waals surface area contributed by atoms with Gasteiger partial charge in [-0.15, -0.1) is 0 Å². The Balaban J connectivity index is 2.12. The standard InChI is InChI=1S/C12H21NO3S/c1-9(8-17(2,15)16)13-10-4-3-5-11(13)7-12(14)6-10/h9-11H,3-8H2,1-2H3. The number of hydrogen-bond acceptors (Lipinski definition) is 4. The van der Waals surface area contributed by atoms with Crippen molar-refractivity contribution < 1.29 is 13.2 Å². The molecule has 0 aromatic heterocycles. The van der Waals surface area contributed by atoms with Crippen molar-refractivity contribution in [3.63, 3.8) is 0 Å². The first kappa shape index (κ1) is 13.0. The number of Topliss-reactive ketones (excluding diaryl/α,β-unsaturated/α-hetero) is 1. The van der Waals surface area contributed by atoms with Crippen LogP contribution >= 0.6 is 0 Å². The largest absolute Gasteiger partial charge is 0.300 e. The fourth-order valence-electron chi connectivity index (χ4n) is 3.45. The molecule has 0 saturated carbocycles. The zero-order valence-corrected chi connectivity index (χ0v) is 11.4. The van der Waals surface area contributed by atoms with Crippen molar-refractivity contribution in [2.75, 3.05) is 12.0 Å². The Morgan fingerprint density at radius 2 is 1.82 bits per heavy atom. The van der Waals surface area contributed by atoms with Gasteiger partial charge in [0.25, 0.3) is 0 Å². The summed E-state index contributed by atoms with van der Waals surface area (Å²) in [7, 11) is -2.94. The molecule has 0 radical (unpaired) electrons. The highest BCUT2D eigenvalue weighted by atomic mass is 32.2. The number of fused-ring (bicyclic) bond motifs is 2. The van der Waals surface area contributed by atoms with Crippen molar-refractivity contribution in [3.8, 4) is 0 Å². The van der Waals surface area contributed by atoms with E-state index in [-0.39, 0.29) is 23.9 Å². The normalized spacial score (nSPS) is 32.5. The molecule has 2 fully saturated rings. The molecule has 17 heavy (non-hydrogen) atoms. The van der Waals surface area contributed by atoms with Gasteiger partial charge in [0.15, 0.2) is 0 Å². The van der Waals surface area contributed by atoms with Crippen LogP contribution in [0.2, 0.25) is 0 Å². The molecule has 2 heterocycles. The number of piperidine rings is 2. The second-order valence-electron chi connectivity index (χ2n) is 5.57. The predicted octanol–water partition coefficient (Wildman–Crippen LogP) is 1.01. The molecule has 2 bridgehead atoms. The second-order valence-corrected chi connectivity index (χ2v) is 7.76. The van der Waals surface area contributed by atoms with E-state index in [0.717, 1.165) is 12.8 Å². The summed E-state index contributed by atoms with van der Waals surface area (Å²) in [6.45, 7) is 1.97. The van der Waals surface area contributed by atoms with Crippen LogP contribution in [0.25, 0.3) is 0 Å². The molecule has 0 spiro atoms. The maximum Gasteiger partial charge on any atom is 0.148 e. The molecule has 98 valence electrons. The van der Waals surface area contributed by atoms with Crippen molar-refractivity contribution in [1.29, 1.82) is 0 Å². The fourth-order valence-corrected chi connectivity index (χ4v) is 4.50. The SMILES string of the molecule is CC(CS(C)(=O)=O)N1C2CCCC1CC(=O)C2. The highest BCUT2D eigenvalue weighted by molar-refractivity contribution is 7.90. The molecule has 0 aromatic carbocycles. The Hall–Kier alpha value is -0.420. The lowest BCUT2D eigenvalue weighted by molar-refractivity contribution is -0.128. The summed E-state index contributed by atoms with van der Waals surface area (Å²) in [5.74, 6) is 0.552. The van der Waals surface area contributed by atoms with Crippen LogP contribution in [-0.4, -0.2) is 49.2 Å². The van der Waals surface area contributed by atoms with Crippen molar-refractivity contribution in [3.05, 3.63) is 0 Å². The number of ketones is 1. The number of carbonyl (C=O) groups excluding carboxylic acids is 1. The van der Waals surface area contributed by atoms with Gasteiger partial charge in [-0.05, 0) is 19.8 Å². The Morgan fingerprint density at radius 3 is 2.29 bits per heavy atom. The van der Waals surface area contributed by atoms with Crippen LogP contribution in [0.1, 0.15) is 39.0 Å². The zero-order valence-electron chi connectivity index (χ0n) is 10.6. The molecule has 4 nitrogen and oxygen atoms in total.